The molecule has 8 heteroatoms. The van der Waals surface area contributed by atoms with Crippen molar-refractivity contribution in [3.63, 3.8) is 0 Å². The van der Waals surface area contributed by atoms with E-state index < -0.39 is 0 Å². The van der Waals surface area contributed by atoms with E-state index in [0.29, 0.717) is 0 Å². The number of benzene rings is 7. The predicted molar refractivity (Wildman–Crippen MR) is 280 cm³/mol. The van der Waals surface area contributed by atoms with Crippen LogP contribution in [-0.2, 0) is 0 Å². The Morgan fingerprint density at radius 3 is 0.610 bits per heavy atom. The molecule has 0 aliphatic carbocycles. The molecule has 0 aliphatic heterocycles. The fourth-order valence-corrected chi connectivity index (χ4v) is 4.95. The lowest BCUT2D eigenvalue weighted by Crippen LogP contribution is -1.71. The Morgan fingerprint density at radius 2 is 0.475 bits per heavy atom. The summed E-state index contributed by atoms with van der Waals surface area (Å²) in [6.45, 7) is 18.3. The lowest BCUT2D eigenvalue weighted by molar-refractivity contribution is 0.473. The Bertz CT molecular complexity index is 1610. The number of aromatic hydroxyl groups is 2. The lowest BCUT2D eigenvalue weighted by Gasteiger charge is -1.90. The van der Waals surface area contributed by atoms with Gasteiger partial charge >= 0.3 is 0 Å². The zero-order valence-electron chi connectivity index (χ0n) is 36.0. The van der Waals surface area contributed by atoms with Crippen molar-refractivity contribution >= 4 is 75.8 Å². The standard InChI is InChI=1S/C8H10.C7H8S.2C6H6OS.3C6H6S.3C2H6/c1-7-4-3-5-8(2)6-7;1-6-3-2-4-7(8)5-6;2*7-5-2-1-3-6(8)4-5;3*7-6-4-2-1-3-5-6;3*1-2/h3-6H,1-2H3;2-5,8H,1H3;2*1-4,7-8H;3*1-5,7H;3*1-2H3. The van der Waals surface area contributed by atoms with Gasteiger partial charge in [0, 0.05) is 29.4 Å². The number of phenolic OH excluding ortho intramolecular Hbond substituents is 2. The molecule has 2 N–H and O–H groups in total. The third-order valence-corrected chi connectivity index (χ3v) is 7.83. The maximum absolute atomic E-state index is 8.76. The number of aryl methyl sites for hydroxylation is 3. The lowest BCUT2D eigenvalue weighted by atomic mass is 10.2. The fourth-order valence-electron chi connectivity index (χ4n) is 3.71. The second-order valence-electron chi connectivity index (χ2n) is 11.0. The Balaban J connectivity index is -0.000000607. The molecule has 0 saturated carbocycles. The molecule has 0 amide bonds. The van der Waals surface area contributed by atoms with Crippen molar-refractivity contribution in [3.05, 3.63) is 205 Å². The van der Waals surface area contributed by atoms with E-state index in [9.17, 15) is 0 Å². The van der Waals surface area contributed by atoms with Crippen LogP contribution in [0.5, 0.6) is 11.5 Å². The van der Waals surface area contributed by atoms with Crippen molar-refractivity contribution in [3.8, 4) is 11.5 Å². The summed E-state index contributed by atoms with van der Waals surface area (Å²) in [7, 11) is 0. The monoisotopic (exact) mass is 902 g/mol. The summed E-state index contributed by atoms with van der Waals surface area (Å²) >= 11 is 24.4. The summed E-state index contributed by atoms with van der Waals surface area (Å²) in [6, 6.07) is 59.4. The molecular weight excluding hydrogens is 837 g/mol. The molecular formula is C51H66O2S6. The van der Waals surface area contributed by atoms with Crippen LogP contribution in [0, 0.1) is 20.8 Å². The Hall–Kier alpha value is -3.76. The highest BCUT2D eigenvalue weighted by molar-refractivity contribution is 7.81. The van der Waals surface area contributed by atoms with Gasteiger partial charge in [-0.15, -0.1) is 75.8 Å². The van der Waals surface area contributed by atoms with Crippen LogP contribution < -0.4 is 0 Å². The third kappa shape index (κ3) is 40.8. The molecule has 7 rings (SSSR count). The molecule has 0 unspecified atom stereocenters. The van der Waals surface area contributed by atoms with Gasteiger partial charge in [-0.1, -0.05) is 161 Å². The Kier molecular flexibility index (Phi) is 42.8. The number of hydrogen-bond acceptors (Lipinski definition) is 8. The van der Waals surface area contributed by atoms with Crippen molar-refractivity contribution in [2.45, 2.75) is 91.7 Å². The highest BCUT2D eigenvalue weighted by Crippen LogP contribution is 2.14. The summed E-state index contributed by atoms with van der Waals surface area (Å²) in [5.41, 5.74) is 3.94. The molecule has 0 heterocycles. The van der Waals surface area contributed by atoms with Crippen LogP contribution in [0.15, 0.2) is 217 Å². The first-order valence-corrected chi connectivity index (χ1v) is 22.0. The molecule has 0 fully saturated rings. The number of thiol groups is 6. The minimum atomic E-state index is 0.262. The minimum absolute atomic E-state index is 0.262. The van der Waals surface area contributed by atoms with Gasteiger partial charge in [0.1, 0.15) is 11.5 Å². The topological polar surface area (TPSA) is 40.5 Å². The first kappa shape index (κ1) is 59.6. The zero-order chi connectivity index (χ0) is 45.3. The van der Waals surface area contributed by atoms with Gasteiger partial charge in [0.15, 0.2) is 0 Å². The van der Waals surface area contributed by atoms with Gasteiger partial charge in [-0.3, -0.25) is 0 Å². The summed E-state index contributed by atoms with van der Waals surface area (Å²) < 4.78 is 0. The molecule has 0 aromatic heterocycles. The molecule has 318 valence electrons. The highest BCUT2D eigenvalue weighted by atomic mass is 32.1. The van der Waals surface area contributed by atoms with Crippen molar-refractivity contribution < 1.29 is 10.2 Å². The van der Waals surface area contributed by atoms with E-state index in [1.54, 1.807) is 36.4 Å². The quantitative estimate of drug-likeness (QED) is 0.0731. The summed E-state index contributed by atoms with van der Waals surface area (Å²) in [4.78, 5) is 5.65. The normalized spacial score (nSPS) is 8.39. The molecule has 0 saturated heterocycles. The van der Waals surface area contributed by atoms with Gasteiger partial charge in [-0.05, 0) is 106 Å². The van der Waals surface area contributed by atoms with Crippen LogP contribution in [0.2, 0.25) is 0 Å². The van der Waals surface area contributed by atoms with E-state index in [2.05, 4.69) is 127 Å². The maximum atomic E-state index is 8.76. The summed E-state index contributed by atoms with van der Waals surface area (Å²) in [6.07, 6.45) is 0. The SMILES string of the molecule is CC.CC.CC.Cc1cccc(C)c1.Cc1cccc(S)c1.Oc1cccc(S)c1.Oc1cccc(S)c1.Sc1ccccc1.Sc1ccccc1.Sc1ccccc1. The molecule has 59 heavy (non-hydrogen) atoms. The number of hydrogen-bond donors (Lipinski definition) is 8. The zero-order valence-corrected chi connectivity index (χ0v) is 41.3. The van der Waals surface area contributed by atoms with Gasteiger partial charge in [-0.25, -0.2) is 0 Å². The molecule has 7 aromatic rings. The predicted octanol–water partition coefficient (Wildman–Crippen LogP) is 17.0. The molecule has 0 radical (unpaired) electrons. The highest BCUT2D eigenvalue weighted by Gasteiger charge is 1.85. The van der Waals surface area contributed by atoms with Gasteiger partial charge in [0.05, 0.1) is 0 Å². The van der Waals surface area contributed by atoms with E-state index >= 15 is 0 Å². The fraction of sp³-hybridized carbons (Fsp3) is 0.176. The largest absolute Gasteiger partial charge is 0.508 e. The molecule has 0 spiro atoms. The Morgan fingerprint density at radius 1 is 0.254 bits per heavy atom. The van der Waals surface area contributed by atoms with E-state index in [1.807, 2.05) is 163 Å². The van der Waals surface area contributed by atoms with Gasteiger partial charge in [0.2, 0.25) is 0 Å². The number of rotatable bonds is 0. The first-order valence-electron chi connectivity index (χ1n) is 19.3. The van der Waals surface area contributed by atoms with E-state index in [4.69, 9.17) is 10.2 Å². The van der Waals surface area contributed by atoms with Crippen LogP contribution in [0.1, 0.15) is 58.2 Å². The summed E-state index contributed by atoms with van der Waals surface area (Å²) in [5, 5.41) is 17.5. The first-order chi connectivity index (χ1) is 28.3. The van der Waals surface area contributed by atoms with Crippen molar-refractivity contribution in [2.75, 3.05) is 0 Å². The van der Waals surface area contributed by atoms with Gasteiger partial charge < -0.3 is 10.2 Å². The second-order valence-corrected chi connectivity index (χ2v) is 14.1. The molecule has 0 atom stereocenters. The van der Waals surface area contributed by atoms with E-state index in [1.165, 1.54) is 16.7 Å². The van der Waals surface area contributed by atoms with E-state index in [-0.39, 0.29) is 11.5 Å². The van der Waals surface area contributed by atoms with Crippen molar-refractivity contribution in [2.24, 2.45) is 0 Å². The van der Waals surface area contributed by atoms with Crippen molar-refractivity contribution in [1.29, 1.82) is 0 Å². The van der Waals surface area contributed by atoms with Gasteiger partial charge in [0.25, 0.3) is 0 Å². The second kappa shape index (κ2) is 42.4. The Labute approximate surface area is 391 Å². The van der Waals surface area contributed by atoms with Crippen LogP contribution in [-0.4, -0.2) is 10.2 Å². The van der Waals surface area contributed by atoms with Crippen LogP contribution in [0.3, 0.4) is 0 Å². The third-order valence-electron chi connectivity index (χ3n) is 6.10. The van der Waals surface area contributed by atoms with E-state index in [0.717, 1.165) is 29.4 Å². The average molecular weight is 903 g/mol. The maximum Gasteiger partial charge on any atom is 0.116 e. The smallest absolute Gasteiger partial charge is 0.116 e. The molecule has 0 aliphatic rings. The number of phenols is 2. The molecule has 2 nitrogen and oxygen atoms in total. The van der Waals surface area contributed by atoms with Gasteiger partial charge in [-0.2, -0.15) is 0 Å². The average Bonchev–Trinajstić information content (AvgIpc) is 3.22. The molecule has 0 bridgehead atoms. The minimum Gasteiger partial charge on any atom is -0.508 e. The molecule has 7 aromatic carbocycles. The van der Waals surface area contributed by atoms with Crippen LogP contribution in [0.4, 0.5) is 0 Å². The van der Waals surface area contributed by atoms with Crippen LogP contribution in [0.25, 0.3) is 0 Å². The van der Waals surface area contributed by atoms with Crippen LogP contribution >= 0.6 is 75.8 Å². The summed E-state index contributed by atoms with van der Waals surface area (Å²) in [5.74, 6) is 0.523. The van der Waals surface area contributed by atoms with Crippen molar-refractivity contribution in [1.82, 2.24) is 0 Å².